The van der Waals surface area contributed by atoms with Crippen LogP contribution in [0.15, 0.2) is 30.3 Å². The molecule has 120 valence electrons. The van der Waals surface area contributed by atoms with Crippen LogP contribution >= 0.6 is 0 Å². The zero-order valence-electron chi connectivity index (χ0n) is 13.1. The quantitative estimate of drug-likeness (QED) is 0.669. The monoisotopic (exact) mass is 312 g/mol. The summed E-state index contributed by atoms with van der Waals surface area (Å²) in [4.78, 5) is 23.7. The first kappa shape index (κ1) is 16.8. The van der Waals surface area contributed by atoms with Crippen molar-refractivity contribution >= 4 is 18.0 Å². The van der Waals surface area contributed by atoms with Crippen LogP contribution in [-0.2, 0) is 14.3 Å². The van der Waals surface area contributed by atoms with E-state index in [-0.39, 0.29) is 11.9 Å². The van der Waals surface area contributed by atoms with Crippen LogP contribution in [0.5, 0.6) is 0 Å². The minimum atomic E-state index is -0.811. The number of amides is 1. The molecular weight excluding hydrogens is 292 g/mol. The highest BCUT2D eigenvalue weighted by Gasteiger charge is 2.22. The SMILES string of the molecule is C[C@@H](OC(=O)/C=C/c1ccc(C#N)cc1)C(=O)NC1CCCC1. The van der Waals surface area contributed by atoms with E-state index in [9.17, 15) is 9.59 Å². The highest BCUT2D eigenvalue weighted by molar-refractivity contribution is 5.90. The predicted octanol–water partition coefficient (Wildman–Crippen LogP) is 2.56. The third kappa shape index (κ3) is 5.26. The van der Waals surface area contributed by atoms with Gasteiger partial charge < -0.3 is 10.1 Å². The second-order valence-corrected chi connectivity index (χ2v) is 5.64. The Kier molecular flexibility index (Phi) is 5.93. The van der Waals surface area contributed by atoms with E-state index in [1.54, 1.807) is 37.3 Å². The predicted molar refractivity (Wildman–Crippen MR) is 86.1 cm³/mol. The lowest BCUT2D eigenvalue weighted by Crippen LogP contribution is -2.40. The highest BCUT2D eigenvalue weighted by atomic mass is 16.5. The summed E-state index contributed by atoms with van der Waals surface area (Å²) < 4.78 is 5.10. The van der Waals surface area contributed by atoms with Crippen LogP contribution in [0.25, 0.3) is 6.08 Å². The first-order chi connectivity index (χ1) is 11.1. The van der Waals surface area contributed by atoms with Crippen molar-refractivity contribution < 1.29 is 14.3 Å². The Hall–Kier alpha value is -2.61. The van der Waals surface area contributed by atoms with E-state index in [4.69, 9.17) is 10.00 Å². The Bertz CT molecular complexity index is 623. The van der Waals surface area contributed by atoms with Gasteiger partial charge in [-0.3, -0.25) is 4.79 Å². The van der Waals surface area contributed by atoms with Gasteiger partial charge in [0, 0.05) is 12.1 Å². The van der Waals surface area contributed by atoms with Crippen LogP contribution in [0.4, 0.5) is 0 Å². The summed E-state index contributed by atoms with van der Waals surface area (Å²) in [7, 11) is 0. The average molecular weight is 312 g/mol. The summed E-state index contributed by atoms with van der Waals surface area (Å²) in [6, 6.07) is 9.04. The van der Waals surface area contributed by atoms with E-state index in [1.807, 2.05) is 6.07 Å². The maximum atomic E-state index is 11.9. The fourth-order valence-corrected chi connectivity index (χ4v) is 2.49. The molecule has 0 bridgehead atoms. The number of carbonyl (C=O) groups is 2. The molecule has 1 atom stereocenters. The molecule has 0 aromatic heterocycles. The number of carbonyl (C=O) groups excluding carboxylic acids is 2. The smallest absolute Gasteiger partial charge is 0.331 e. The molecule has 1 saturated carbocycles. The van der Waals surface area contributed by atoms with Gasteiger partial charge in [0.2, 0.25) is 0 Å². The molecule has 0 saturated heterocycles. The molecule has 1 fully saturated rings. The zero-order chi connectivity index (χ0) is 16.7. The maximum absolute atomic E-state index is 11.9. The highest BCUT2D eigenvalue weighted by Crippen LogP contribution is 2.17. The second kappa shape index (κ2) is 8.14. The first-order valence-electron chi connectivity index (χ1n) is 7.77. The van der Waals surface area contributed by atoms with E-state index in [0.29, 0.717) is 5.56 Å². The van der Waals surface area contributed by atoms with Crippen LogP contribution in [0, 0.1) is 11.3 Å². The van der Waals surface area contributed by atoms with Crippen LogP contribution in [-0.4, -0.2) is 24.0 Å². The van der Waals surface area contributed by atoms with Crippen LogP contribution in [0.2, 0.25) is 0 Å². The molecule has 1 aliphatic carbocycles. The van der Waals surface area contributed by atoms with Gasteiger partial charge >= 0.3 is 5.97 Å². The molecule has 5 nitrogen and oxygen atoms in total. The Morgan fingerprint density at radius 2 is 1.96 bits per heavy atom. The third-order valence-electron chi connectivity index (χ3n) is 3.82. The fraction of sp³-hybridized carbons (Fsp3) is 0.389. The molecule has 0 heterocycles. The molecule has 2 rings (SSSR count). The maximum Gasteiger partial charge on any atom is 0.331 e. The second-order valence-electron chi connectivity index (χ2n) is 5.64. The molecule has 1 N–H and O–H groups in total. The summed E-state index contributed by atoms with van der Waals surface area (Å²) in [6.07, 6.45) is 6.30. The molecule has 1 aliphatic rings. The topological polar surface area (TPSA) is 79.2 Å². The van der Waals surface area contributed by atoms with Crippen molar-refractivity contribution in [1.82, 2.24) is 5.32 Å². The zero-order valence-corrected chi connectivity index (χ0v) is 13.1. The minimum Gasteiger partial charge on any atom is -0.449 e. The average Bonchev–Trinajstić information content (AvgIpc) is 3.06. The van der Waals surface area contributed by atoms with Gasteiger partial charge in [0.1, 0.15) is 0 Å². The molecular formula is C18H20N2O3. The van der Waals surface area contributed by atoms with Crippen molar-refractivity contribution in [3.05, 3.63) is 41.5 Å². The molecule has 0 unspecified atom stereocenters. The van der Waals surface area contributed by atoms with E-state index < -0.39 is 12.1 Å². The van der Waals surface area contributed by atoms with Crippen molar-refractivity contribution in [1.29, 1.82) is 5.26 Å². The minimum absolute atomic E-state index is 0.206. The fourth-order valence-electron chi connectivity index (χ4n) is 2.49. The van der Waals surface area contributed by atoms with Gasteiger partial charge in [0.25, 0.3) is 5.91 Å². The molecule has 5 heteroatoms. The summed E-state index contributed by atoms with van der Waals surface area (Å²) in [5, 5.41) is 11.6. The summed E-state index contributed by atoms with van der Waals surface area (Å²) in [5.41, 5.74) is 1.34. The van der Waals surface area contributed by atoms with Crippen LogP contribution < -0.4 is 5.32 Å². The summed E-state index contributed by atoms with van der Waals surface area (Å²) in [6.45, 7) is 1.57. The molecule has 1 aromatic carbocycles. The Morgan fingerprint density at radius 3 is 2.57 bits per heavy atom. The third-order valence-corrected chi connectivity index (χ3v) is 3.82. The van der Waals surface area contributed by atoms with Gasteiger partial charge in [-0.25, -0.2) is 4.79 Å². The van der Waals surface area contributed by atoms with Gasteiger partial charge in [-0.15, -0.1) is 0 Å². The standard InChI is InChI=1S/C18H20N2O3/c1-13(18(22)20-16-4-2-3-5-16)23-17(21)11-10-14-6-8-15(12-19)9-7-14/h6-11,13,16H,2-5H2,1H3,(H,20,22)/b11-10+/t13-/m1/s1. The number of rotatable bonds is 5. The number of esters is 1. The van der Waals surface area contributed by atoms with Gasteiger partial charge in [0.05, 0.1) is 11.6 Å². The van der Waals surface area contributed by atoms with Crippen molar-refractivity contribution in [2.45, 2.75) is 44.8 Å². The molecule has 0 radical (unpaired) electrons. The Morgan fingerprint density at radius 1 is 1.30 bits per heavy atom. The number of nitrogens with zero attached hydrogens (tertiary/aromatic N) is 1. The Labute approximate surface area is 135 Å². The lowest BCUT2D eigenvalue weighted by atomic mass is 10.1. The molecule has 1 amide bonds. The van der Waals surface area contributed by atoms with E-state index in [1.165, 1.54) is 6.08 Å². The van der Waals surface area contributed by atoms with E-state index in [2.05, 4.69) is 5.32 Å². The number of hydrogen-bond acceptors (Lipinski definition) is 4. The lowest BCUT2D eigenvalue weighted by Gasteiger charge is -2.16. The van der Waals surface area contributed by atoms with E-state index >= 15 is 0 Å². The number of nitriles is 1. The number of hydrogen-bond donors (Lipinski definition) is 1. The summed E-state index contributed by atoms with van der Waals surface area (Å²) in [5.74, 6) is -0.819. The largest absolute Gasteiger partial charge is 0.449 e. The van der Waals surface area contributed by atoms with Crippen LogP contribution in [0.1, 0.15) is 43.7 Å². The van der Waals surface area contributed by atoms with E-state index in [0.717, 1.165) is 31.2 Å². The van der Waals surface area contributed by atoms with Gasteiger partial charge in [0.15, 0.2) is 6.10 Å². The molecule has 0 spiro atoms. The van der Waals surface area contributed by atoms with Crippen LogP contribution in [0.3, 0.4) is 0 Å². The first-order valence-corrected chi connectivity index (χ1v) is 7.77. The molecule has 0 aliphatic heterocycles. The Balaban J connectivity index is 1.81. The summed E-state index contributed by atoms with van der Waals surface area (Å²) >= 11 is 0. The van der Waals surface area contributed by atoms with Gasteiger partial charge in [-0.05, 0) is 43.5 Å². The van der Waals surface area contributed by atoms with Crippen molar-refractivity contribution in [3.8, 4) is 6.07 Å². The number of benzene rings is 1. The molecule has 1 aromatic rings. The number of ether oxygens (including phenoxy) is 1. The molecule has 23 heavy (non-hydrogen) atoms. The van der Waals surface area contributed by atoms with Gasteiger partial charge in [-0.1, -0.05) is 25.0 Å². The lowest BCUT2D eigenvalue weighted by molar-refractivity contribution is -0.150. The number of nitrogens with one attached hydrogen (secondary N) is 1. The normalized spacial score (nSPS) is 16.0. The van der Waals surface area contributed by atoms with Crippen molar-refractivity contribution in [2.24, 2.45) is 0 Å². The van der Waals surface area contributed by atoms with Gasteiger partial charge in [-0.2, -0.15) is 5.26 Å². The van der Waals surface area contributed by atoms with Crippen molar-refractivity contribution in [2.75, 3.05) is 0 Å². The van der Waals surface area contributed by atoms with Crippen molar-refractivity contribution in [3.63, 3.8) is 0 Å².